The minimum atomic E-state index is -0.246. The van der Waals surface area contributed by atoms with Crippen molar-refractivity contribution in [1.29, 1.82) is 0 Å². The molecule has 0 amide bonds. The van der Waals surface area contributed by atoms with Crippen molar-refractivity contribution in [3.05, 3.63) is 82.4 Å². The number of carbonyl (C=O) groups excluding carboxylic acids is 1. The molecule has 0 bridgehead atoms. The summed E-state index contributed by atoms with van der Waals surface area (Å²) >= 11 is 6.09. The molecule has 3 aromatic rings. The second kappa shape index (κ2) is 9.19. The Balaban J connectivity index is 1.55. The van der Waals surface area contributed by atoms with E-state index in [4.69, 9.17) is 30.5 Å². The maximum atomic E-state index is 13.4. The van der Waals surface area contributed by atoms with E-state index in [0.717, 1.165) is 16.8 Å². The lowest BCUT2D eigenvalue weighted by Gasteiger charge is -2.23. The predicted molar refractivity (Wildman–Crippen MR) is 129 cm³/mol. The second-order valence-electron chi connectivity index (χ2n) is 7.80. The molecule has 0 saturated heterocycles. The van der Waals surface area contributed by atoms with Gasteiger partial charge in [0.2, 0.25) is 12.6 Å². The van der Waals surface area contributed by atoms with Crippen LogP contribution in [0.15, 0.2) is 70.9 Å². The van der Waals surface area contributed by atoms with Crippen LogP contribution in [0.2, 0.25) is 5.02 Å². The van der Waals surface area contributed by atoms with Crippen LogP contribution in [0.25, 0.3) is 0 Å². The summed E-state index contributed by atoms with van der Waals surface area (Å²) in [6, 6.07) is 18.3. The number of carbonyl (C=O) groups is 1. The van der Waals surface area contributed by atoms with E-state index in [9.17, 15) is 4.79 Å². The zero-order valence-corrected chi connectivity index (χ0v) is 19.3. The van der Waals surface area contributed by atoms with Crippen molar-refractivity contribution in [1.82, 2.24) is 0 Å². The van der Waals surface area contributed by atoms with Gasteiger partial charge in [-0.05, 0) is 47.5 Å². The lowest BCUT2D eigenvalue weighted by molar-refractivity contribution is 0.106. The van der Waals surface area contributed by atoms with Crippen LogP contribution < -0.4 is 18.9 Å². The zero-order chi connectivity index (χ0) is 23.7. The molecule has 2 heterocycles. The van der Waals surface area contributed by atoms with E-state index in [2.05, 4.69) is 10.2 Å². The highest BCUT2D eigenvalue weighted by atomic mass is 35.5. The van der Waals surface area contributed by atoms with Gasteiger partial charge in [0.05, 0.1) is 25.5 Å². The number of benzene rings is 3. The van der Waals surface area contributed by atoms with E-state index in [1.807, 2.05) is 42.5 Å². The number of hydrogen-bond donors (Lipinski definition) is 0. The number of fused-ring (bicyclic) bond motifs is 1. The maximum absolute atomic E-state index is 13.4. The first-order chi connectivity index (χ1) is 16.6. The number of ketones is 1. The molecule has 0 aliphatic carbocycles. The van der Waals surface area contributed by atoms with Crippen LogP contribution in [0.1, 0.15) is 33.8 Å². The molecule has 7 nitrogen and oxygen atoms in total. The van der Waals surface area contributed by atoms with Crippen molar-refractivity contribution in [2.45, 2.75) is 12.3 Å². The molecule has 0 spiro atoms. The number of methoxy groups -OCH3 is 2. The van der Waals surface area contributed by atoms with Crippen LogP contribution in [0.3, 0.4) is 0 Å². The standard InChI is InChI=1S/C26H21ClN2O5/c1-31-18-8-9-19(23(12-18)32-2)26(30)21-13-20(16-5-10-22-24(11-16)34-14-33-22)25(29-28-21)15-3-6-17(27)7-4-15/h3-12,20H,13-14H2,1-2H3. The van der Waals surface area contributed by atoms with Gasteiger partial charge in [0.25, 0.3) is 0 Å². The number of hydrogen-bond acceptors (Lipinski definition) is 7. The molecular weight excluding hydrogens is 456 g/mol. The summed E-state index contributed by atoms with van der Waals surface area (Å²) in [6.07, 6.45) is 0.356. The van der Waals surface area contributed by atoms with Gasteiger partial charge in [0, 0.05) is 23.4 Å². The third kappa shape index (κ3) is 4.10. The zero-order valence-electron chi connectivity index (χ0n) is 18.6. The highest BCUT2D eigenvalue weighted by molar-refractivity contribution is 6.47. The Morgan fingerprint density at radius 3 is 2.50 bits per heavy atom. The molecule has 0 aromatic heterocycles. The number of Topliss-reactive ketones (excluding diaryl/α,β-unsaturated/α-hetero) is 1. The van der Waals surface area contributed by atoms with Crippen molar-refractivity contribution in [2.24, 2.45) is 10.2 Å². The SMILES string of the molecule is COc1ccc(C(=O)C2=NN=C(c3ccc(Cl)cc3)C(c3ccc4c(c3)OCO4)C2)c(OC)c1. The highest BCUT2D eigenvalue weighted by Crippen LogP contribution is 2.38. The Morgan fingerprint density at radius 1 is 0.941 bits per heavy atom. The third-order valence-corrected chi connectivity index (χ3v) is 6.11. The molecular formula is C26H21ClN2O5. The maximum Gasteiger partial charge on any atom is 0.231 e. The summed E-state index contributed by atoms with van der Waals surface area (Å²) in [6.45, 7) is 0.185. The first-order valence-electron chi connectivity index (χ1n) is 10.6. The van der Waals surface area contributed by atoms with Crippen molar-refractivity contribution >= 4 is 28.8 Å². The Bertz CT molecular complexity index is 1320. The molecule has 34 heavy (non-hydrogen) atoms. The molecule has 1 unspecified atom stereocenters. The van der Waals surface area contributed by atoms with Crippen LogP contribution in [0, 0.1) is 0 Å². The minimum Gasteiger partial charge on any atom is -0.497 e. The van der Waals surface area contributed by atoms with E-state index in [1.54, 1.807) is 25.3 Å². The van der Waals surface area contributed by atoms with Crippen molar-refractivity contribution in [3.8, 4) is 23.0 Å². The van der Waals surface area contributed by atoms with Crippen molar-refractivity contribution in [2.75, 3.05) is 21.0 Å². The molecule has 2 aliphatic rings. The Labute approximate surface area is 201 Å². The predicted octanol–water partition coefficient (Wildman–Crippen LogP) is 5.30. The highest BCUT2D eigenvalue weighted by Gasteiger charge is 2.31. The van der Waals surface area contributed by atoms with Gasteiger partial charge in [0.1, 0.15) is 17.2 Å². The van der Waals surface area contributed by atoms with Gasteiger partial charge in [0.15, 0.2) is 11.5 Å². The van der Waals surface area contributed by atoms with Crippen molar-refractivity contribution in [3.63, 3.8) is 0 Å². The Hall–Kier alpha value is -3.84. The fraction of sp³-hybridized carbons (Fsp3) is 0.192. The fourth-order valence-electron chi connectivity index (χ4n) is 4.08. The van der Waals surface area contributed by atoms with Gasteiger partial charge in [-0.3, -0.25) is 4.79 Å². The molecule has 0 N–H and O–H groups in total. The summed E-state index contributed by atoms with van der Waals surface area (Å²) in [5, 5.41) is 9.46. The first-order valence-corrected chi connectivity index (χ1v) is 11.0. The molecule has 3 aromatic carbocycles. The average Bonchev–Trinajstić information content (AvgIpc) is 3.36. The summed E-state index contributed by atoms with van der Waals surface area (Å²) in [4.78, 5) is 13.4. The van der Waals surface area contributed by atoms with Gasteiger partial charge in [-0.15, -0.1) is 0 Å². The van der Waals surface area contributed by atoms with E-state index in [1.165, 1.54) is 7.11 Å². The monoisotopic (exact) mass is 476 g/mol. The number of ether oxygens (including phenoxy) is 4. The number of nitrogens with zero attached hydrogens (tertiary/aromatic N) is 2. The number of rotatable bonds is 6. The van der Waals surface area contributed by atoms with E-state index in [-0.39, 0.29) is 18.5 Å². The first kappa shape index (κ1) is 22.0. The second-order valence-corrected chi connectivity index (χ2v) is 8.24. The molecule has 0 fully saturated rings. The van der Waals surface area contributed by atoms with Gasteiger partial charge >= 0.3 is 0 Å². The van der Waals surface area contributed by atoms with Crippen LogP contribution in [-0.4, -0.2) is 38.2 Å². The van der Waals surface area contributed by atoms with Crippen LogP contribution in [0.4, 0.5) is 0 Å². The lowest BCUT2D eigenvalue weighted by Crippen LogP contribution is -2.26. The van der Waals surface area contributed by atoms with E-state index < -0.39 is 0 Å². The summed E-state index contributed by atoms with van der Waals surface area (Å²) in [5.74, 6) is 1.90. The smallest absolute Gasteiger partial charge is 0.231 e. The number of halogens is 1. The molecule has 5 rings (SSSR count). The van der Waals surface area contributed by atoms with Crippen LogP contribution in [0.5, 0.6) is 23.0 Å². The average molecular weight is 477 g/mol. The molecule has 0 radical (unpaired) electrons. The normalized spacial score (nSPS) is 16.5. The molecule has 0 saturated carbocycles. The molecule has 8 heteroatoms. The minimum absolute atomic E-state index is 0.185. The van der Waals surface area contributed by atoms with Gasteiger partial charge < -0.3 is 18.9 Å². The third-order valence-electron chi connectivity index (χ3n) is 5.86. The largest absolute Gasteiger partial charge is 0.497 e. The van der Waals surface area contributed by atoms with Crippen LogP contribution in [-0.2, 0) is 0 Å². The molecule has 2 aliphatic heterocycles. The fourth-order valence-corrected chi connectivity index (χ4v) is 4.21. The summed E-state index contributed by atoms with van der Waals surface area (Å²) < 4.78 is 21.7. The Morgan fingerprint density at radius 2 is 1.74 bits per heavy atom. The van der Waals surface area contributed by atoms with Gasteiger partial charge in [-0.25, -0.2) is 0 Å². The summed E-state index contributed by atoms with van der Waals surface area (Å²) in [5.41, 5.74) is 3.30. The molecule has 172 valence electrons. The van der Waals surface area contributed by atoms with E-state index in [0.29, 0.717) is 45.7 Å². The van der Waals surface area contributed by atoms with Crippen molar-refractivity contribution < 1.29 is 23.7 Å². The Kier molecular flexibility index (Phi) is 5.94. The van der Waals surface area contributed by atoms with Gasteiger partial charge in [-0.2, -0.15) is 10.2 Å². The van der Waals surface area contributed by atoms with Crippen LogP contribution >= 0.6 is 11.6 Å². The quantitative estimate of drug-likeness (QED) is 0.451. The molecule has 1 atom stereocenters. The summed E-state index contributed by atoms with van der Waals surface area (Å²) in [7, 11) is 3.07. The van der Waals surface area contributed by atoms with E-state index >= 15 is 0 Å². The van der Waals surface area contributed by atoms with Gasteiger partial charge in [-0.1, -0.05) is 29.8 Å². The lowest BCUT2D eigenvalue weighted by atomic mass is 9.83. The topological polar surface area (TPSA) is 78.7 Å².